The van der Waals surface area contributed by atoms with Crippen LogP contribution in [0.25, 0.3) is 0 Å². The molecular formula is C3H7NO4S. The third-order valence-electron chi connectivity index (χ3n) is 0.915. The van der Waals surface area contributed by atoms with E-state index in [1.54, 1.807) is 0 Å². The maximum Gasteiger partial charge on any atom is 0.400 e. The normalized spacial score (nSPS) is 32.8. The molecule has 1 rings (SSSR count). The lowest BCUT2D eigenvalue weighted by atomic mass is 10.4. The van der Waals surface area contributed by atoms with E-state index in [1.165, 1.54) is 0 Å². The van der Waals surface area contributed by atoms with Crippen molar-refractivity contribution in [2.45, 2.75) is 6.10 Å². The molecule has 0 aromatic rings. The van der Waals surface area contributed by atoms with E-state index < -0.39 is 16.5 Å². The molecule has 0 aromatic heterocycles. The first-order valence-electron chi connectivity index (χ1n) is 2.42. The Labute approximate surface area is 53.1 Å². The van der Waals surface area contributed by atoms with Gasteiger partial charge in [-0.15, -0.1) is 0 Å². The Kier molecular flexibility index (Phi) is 1.71. The molecule has 5 nitrogen and oxygen atoms in total. The summed E-state index contributed by atoms with van der Waals surface area (Å²) in [4.78, 5) is 0. The van der Waals surface area contributed by atoms with E-state index in [9.17, 15) is 8.42 Å². The average molecular weight is 153 g/mol. The van der Waals surface area contributed by atoms with Gasteiger partial charge in [0.05, 0.1) is 6.61 Å². The van der Waals surface area contributed by atoms with Gasteiger partial charge in [-0.05, 0) is 0 Å². The second-order valence-corrected chi connectivity index (χ2v) is 2.89. The quantitative estimate of drug-likeness (QED) is 0.501. The molecular weight excluding hydrogens is 146 g/mol. The highest BCUT2D eigenvalue weighted by Gasteiger charge is 2.28. The van der Waals surface area contributed by atoms with E-state index in [-0.39, 0.29) is 13.2 Å². The average Bonchev–Trinajstić information content (AvgIpc) is 2.10. The zero-order chi connectivity index (χ0) is 6.91. The fourth-order valence-corrected chi connectivity index (χ4v) is 1.33. The van der Waals surface area contributed by atoms with Gasteiger partial charge in [0.2, 0.25) is 0 Å². The van der Waals surface area contributed by atoms with E-state index in [0.717, 1.165) is 0 Å². The summed E-state index contributed by atoms with van der Waals surface area (Å²) in [6, 6.07) is 0. The van der Waals surface area contributed by atoms with Crippen LogP contribution in [0.3, 0.4) is 0 Å². The number of hydrogen-bond acceptors (Lipinski definition) is 5. The first-order valence-corrected chi connectivity index (χ1v) is 3.75. The summed E-state index contributed by atoms with van der Waals surface area (Å²) in [6.07, 6.45) is -0.491. The lowest BCUT2D eigenvalue weighted by molar-refractivity contribution is 0.244. The van der Waals surface area contributed by atoms with E-state index in [4.69, 9.17) is 5.73 Å². The summed E-state index contributed by atoms with van der Waals surface area (Å²) in [5.74, 6) is 0. The molecule has 0 spiro atoms. The number of nitrogens with two attached hydrogens (primary N) is 1. The van der Waals surface area contributed by atoms with Crippen molar-refractivity contribution in [2.24, 2.45) is 5.73 Å². The van der Waals surface area contributed by atoms with E-state index in [2.05, 4.69) is 8.37 Å². The highest BCUT2D eigenvalue weighted by atomic mass is 32.3. The van der Waals surface area contributed by atoms with E-state index in [1.807, 2.05) is 0 Å². The van der Waals surface area contributed by atoms with Crippen molar-refractivity contribution in [3.05, 3.63) is 0 Å². The van der Waals surface area contributed by atoms with Crippen molar-refractivity contribution < 1.29 is 16.8 Å². The third-order valence-corrected chi connectivity index (χ3v) is 1.85. The van der Waals surface area contributed by atoms with Gasteiger partial charge in [0.15, 0.2) is 0 Å². The van der Waals surface area contributed by atoms with Gasteiger partial charge in [0.25, 0.3) is 0 Å². The van der Waals surface area contributed by atoms with Gasteiger partial charge in [0, 0.05) is 6.54 Å². The van der Waals surface area contributed by atoms with Gasteiger partial charge in [-0.25, -0.2) is 8.37 Å². The van der Waals surface area contributed by atoms with Crippen molar-refractivity contribution in [1.29, 1.82) is 0 Å². The highest BCUT2D eigenvalue weighted by Crippen LogP contribution is 2.10. The molecule has 1 unspecified atom stereocenters. The maximum absolute atomic E-state index is 10.3. The summed E-state index contributed by atoms with van der Waals surface area (Å²) in [5, 5.41) is 0. The van der Waals surface area contributed by atoms with E-state index >= 15 is 0 Å². The van der Waals surface area contributed by atoms with E-state index in [0.29, 0.717) is 0 Å². The maximum atomic E-state index is 10.3. The molecule has 9 heavy (non-hydrogen) atoms. The molecule has 54 valence electrons. The van der Waals surface area contributed by atoms with Crippen LogP contribution in [-0.4, -0.2) is 27.7 Å². The molecule has 0 bridgehead atoms. The summed E-state index contributed by atoms with van der Waals surface area (Å²) >= 11 is 0. The van der Waals surface area contributed by atoms with Crippen molar-refractivity contribution in [1.82, 2.24) is 0 Å². The zero-order valence-corrected chi connectivity index (χ0v) is 5.43. The standard InChI is InChI=1S/C3H7NO4S/c4-1-3-2-7-9(5,6)8-3/h3H,1-2,4H2. The Morgan fingerprint density at radius 2 is 2.33 bits per heavy atom. The molecule has 1 saturated heterocycles. The monoisotopic (exact) mass is 153 g/mol. The Balaban J connectivity index is 2.58. The Hall–Kier alpha value is -0.170. The smallest absolute Gasteiger partial charge is 0.328 e. The fourth-order valence-electron chi connectivity index (χ4n) is 0.489. The number of hydrogen-bond donors (Lipinski definition) is 1. The molecule has 1 aliphatic rings. The van der Waals surface area contributed by atoms with Gasteiger partial charge < -0.3 is 5.73 Å². The van der Waals surface area contributed by atoms with Crippen LogP contribution in [0.1, 0.15) is 0 Å². The van der Waals surface area contributed by atoms with Crippen LogP contribution >= 0.6 is 0 Å². The largest absolute Gasteiger partial charge is 0.400 e. The fraction of sp³-hybridized carbons (Fsp3) is 1.00. The molecule has 0 amide bonds. The second-order valence-electron chi connectivity index (χ2n) is 1.65. The molecule has 1 heterocycles. The molecule has 0 aliphatic carbocycles. The first-order chi connectivity index (χ1) is 4.14. The molecule has 0 saturated carbocycles. The van der Waals surface area contributed by atoms with Crippen LogP contribution in [0.15, 0.2) is 0 Å². The highest BCUT2D eigenvalue weighted by molar-refractivity contribution is 7.82. The number of rotatable bonds is 1. The van der Waals surface area contributed by atoms with Crippen molar-refractivity contribution >= 4 is 10.4 Å². The van der Waals surface area contributed by atoms with Gasteiger partial charge in [-0.2, -0.15) is 8.42 Å². The van der Waals surface area contributed by atoms with Crippen LogP contribution in [0.4, 0.5) is 0 Å². The summed E-state index contributed by atoms with van der Waals surface area (Å²) in [5.41, 5.74) is 5.09. The molecule has 1 atom stereocenters. The Morgan fingerprint density at radius 1 is 1.67 bits per heavy atom. The topological polar surface area (TPSA) is 78.6 Å². The predicted molar refractivity (Wildman–Crippen MR) is 28.8 cm³/mol. The molecule has 0 aromatic carbocycles. The summed E-state index contributed by atoms with van der Waals surface area (Å²) in [7, 11) is -3.69. The minimum absolute atomic E-state index is 0.0405. The lowest BCUT2D eigenvalue weighted by Gasteiger charge is -1.96. The predicted octanol–water partition coefficient (Wildman–Crippen LogP) is -1.39. The lowest BCUT2D eigenvalue weighted by Crippen LogP contribution is -2.21. The minimum atomic E-state index is -3.69. The molecule has 1 fully saturated rings. The van der Waals surface area contributed by atoms with Gasteiger partial charge in [-0.1, -0.05) is 0 Å². The minimum Gasteiger partial charge on any atom is -0.328 e. The second kappa shape index (κ2) is 2.22. The molecule has 0 radical (unpaired) electrons. The zero-order valence-electron chi connectivity index (χ0n) is 4.61. The Morgan fingerprint density at radius 3 is 2.56 bits per heavy atom. The van der Waals surface area contributed by atoms with Crippen LogP contribution in [0, 0.1) is 0 Å². The first kappa shape index (κ1) is 6.94. The van der Waals surface area contributed by atoms with Gasteiger partial charge in [0.1, 0.15) is 6.10 Å². The third kappa shape index (κ3) is 1.62. The van der Waals surface area contributed by atoms with Crippen LogP contribution in [-0.2, 0) is 18.8 Å². The molecule has 6 heteroatoms. The molecule has 1 aliphatic heterocycles. The van der Waals surface area contributed by atoms with Crippen LogP contribution < -0.4 is 5.73 Å². The SMILES string of the molecule is NCC1COS(=O)(=O)O1. The van der Waals surface area contributed by atoms with Crippen molar-refractivity contribution in [2.75, 3.05) is 13.2 Å². The van der Waals surface area contributed by atoms with Gasteiger partial charge in [-0.3, -0.25) is 0 Å². The van der Waals surface area contributed by atoms with Crippen LogP contribution in [0.2, 0.25) is 0 Å². The molecule has 2 N–H and O–H groups in total. The van der Waals surface area contributed by atoms with Crippen molar-refractivity contribution in [3.63, 3.8) is 0 Å². The summed E-state index contributed by atoms with van der Waals surface area (Å²) in [6.45, 7) is 0.206. The summed E-state index contributed by atoms with van der Waals surface area (Å²) < 4.78 is 29.1. The van der Waals surface area contributed by atoms with Gasteiger partial charge >= 0.3 is 10.4 Å². The van der Waals surface area contributed by atoms with Crippen molar-refractivity contribution in [3.8, 4) is 0 Å². The van der Waals surface area contributed by atoms with Crippen LogP contribution in [0.5, 0.6) is 0 Å². The Bertz CT molecular complexity index is 186.